The predicted octanol–water partition coefficient (Wildman–Crippen LogP) is 2.56. The van der Waals surface area contributed by atoms with Crippen LogP contribution in [-0.2, 0) is 0 Å². The average Bonchev–Trinajstić information content (AvgIpc) is 2.96. The van der Waals surface area contributed by atoms with E-state index in [4.69, 9.17) is 0 Å². The minimum atomic E-state index is -0.590. The van der Waals surface area contributed by atoms with Crippen molar-refractivity contribution in [3.63, 3.8) is 0 Å². The molecule has 2 N–H and O–H groups in total. The van der Waals surface area contributed by atoms with Crippen LogP contribution in [0.3, 0.4) is 0 Å². The summed E-state index contributed by atoms with van der Waals surface area (Å²) in [4.78, 5) is 9.16. The van der Waals surface area contributed by atoms with E-state index < -0.39 is 6.10 Å². The number of fused-ring (bicyclic) bond motifs is 3. The Morgan fingerprint density at radius 3 is 2.95 bits per heavy atom. The Morgan fingerprint density at radius 2 is 2.18 bits per heavy atom. The van der Waals surface area contributed by atoms with Crippen molar-refractivity contribution in [2.24, 2.45) is 0 Å². The predicted molar refractivity (Wildman–Crippen MR) is 86.8 cm³/mol. The number of imidazole rings is 1. The van der Waals surface area contributed by atoms with Crippen molar-refractivity contribution in [2.45, 2.75) is 31.9 Å². The van der Waals surface area contributed by atoms with Crippen LogP contribution in [-0.4, -0.2) is 32.7 Å². The number of para-hydroxylation sites is 1. The lowest BCUT2D eigenvalue weighted by molar-refractivity contribution is 0.179. The summed E-state index contributed by atoms with van der Waals surface area (Å²) in [7, 11) is 0. The normalized spacial score (nSPS) is 20.5. The smallest absolute Gasteiger partial charge is 0.138 e. The zero-order valence-electron chi connectivity index (χ0n) is 12.7. The number of benzene rings is 1. The molecule has 0 spiro atoms. The van der Waals surface area contributed by atoms with E-state index >= 15 is 0 Å². The Hall–Kier alpha value is -1.98. The zero-order chi connectivity index (χ0) is 15.1. The highest BCUT2D eigenvalue weighted by Gasteiger charge is 2.24. The SMILES string of the molecule is C[C@@H](O)c1nc2cnc3ccccc3c2n1C1CCCNC1. The summed E-state index contributed by atoms with van der Waals surface area (Å²) in [6.45, 7) is 3.76. The lowest BCUT2D eigenvalue weighted by atomic mass is 10.1. The first-order chi connectivity index (χ1) is 10.8. The Bertz CT molecular complexity index is 818. The largest absolute Gasteiger partial charge is 0.385 e. The zero-order valence-corrected chi connectivity index (χ0v) is 12.7. The Kier molecular flexibility index (Phi) is 3.32. The third-order valence-electron chi connectivity index (χ3n) is 4.46. The molecule has 5 nitrogen and oxygen atoms in total. The van der Waals surface area contributed by atoms with Crippen molar-refractivity contribution >= 4 is 21.9 Å². The van der Waals surface area contributed by atoms with Gasteiger partial charge in [0.2, 0.25) is 0 Å². The second-order valence-electron chi connectivity index (χ2n) is 6.03. The highest BCUT2D eigenvalue weighted by atomic mass is 16.3. The van der Waals surface area contributed by atoms with Crippen LogP contribution in [0, 0.1) is 0 Å². The summed E-state index contributed by atoms with van der Waals surface area (Å²) in [5.41, 5.74) is 2.92. The van der Waals surface area contributed by atoms with Gasteiger partial charge in [0.15, 0.2) is 0 Å². The van der Waals surface area contributed by atoms with Gasteiger partial charge in [-0.2, -0.15) is 0 Å². The van der Waals surface area contributed by atoms with Gasteiger partial charge in [-0.3, -0.25) is 4.98 Å². The molecule has 0 saturated carbocycles. The Labute approximate surface area is 129 Å². The molecule has 2 atom stereocenters. The molecule has 1 unspecified atom stereocenters. The topological polar surface area (TPSA) is 63.0 Å². The summed E-state index contributed by atoms with van der Waals surface area (Å²) >= 11 is 0. The van der Waals surface area contributed by atoms with Crippen molar-refractivity contribution in [1.82, 2.24) is 19.9 Å². The number of pyridine rings is 1. The molecule has 1 aliphatic rings. The van der Waals surface area contributed by atoms with Gasteiger partial charge in [-0.1, -0.05) is 18.2 Å². The minimum absolute atomic E-state index is 0.328. The number of piperidine rings is 1. The molecule has 1 fully saturated rings. The molecule has 1 aliphatic heterocycles. The fourth-order valence-electron chi connectivity index (χ4n) is 3.46. The molecule has 4 rings (SSSR count). The van der Waals surface area contributed by atoms with E-state index in [0.717, 1.165) is 53.7 Å². The third-order valence-corrected chi connectivity index (χ3v) is 4.46. The van der Waals surface area contributed by atoms with E-state index in [2.05, 4.69) is 25.9 Å². The number of hydrogen-bond donors (Lipinski definition) is 2. The molecule has 0 amide bonds. The van der Waals surface area contributed by atoms with Crippen molar-refractivity contribution in [2.75, 3.05) is 13.1 Å². The van der Waals surface area contributed by atoms with Gasteiger partial charge in [-0.05, 0) is 32.4 Å². The van der Waals surface area contributed by atoms with E-state index in [1.54, 1.807) is 6.92 Å². The fourth-order valence-corrected chi connectivity index (χ4v) is 3.46. The number of hydrogen-bond acceptors (Lipinski definition) is 4. The van der Waals surface area contributed by atoms with Crippen LogP contribution in [0.1, 0.15) is 37.7 Å². The highest BCUT2D eigenvalue weighted by Crippen LogP contribution is 2.32. The quantitative estimate of drug-likeness (QED) is 0.763. The molecular weight excluding hydrogens is 276 g/mol. The summed E-state index contributed by atoms with van der Waals surface area (Å²) in [6, 6.07) is 8.47. The number of aromatic nitrogens is 3. The van der Waals surface area contributed by atoms with Gasteiger partial charge in [0.05, 0.1) is 17.2 Å². The Morgan fingerprint density at radius 1 is 1.32 bits per heavy atom. The van der Waals surface area contributed by atoms with Crippen molar-refractivity contribution < 1.29 is 5.11 Å². The molecule has 0 radical (unpaired) electrons. The number of aliphatic hydroxyl groups is 1. The molecule has 22 heavy (non-hydrogen) atoms. The van der Waals surface area contributed by atoms with Crippen LogP contribution in [0.15, 0.2) is 30.5 Å². The average molecular weight is 296 g/mol. The molecule has 0 aliphatic carbocycles. The lowest BCUT2D eigenvalue weighted by Gasteiger charge is -2.27. The van der Waals surface area contributed by atoms with Crippen molar-refractivity contribution in [1.29, 1.82) is 0 Å². The molecular formula is C17H20N4O. The molecule has 1 saturated heterocycles. The number of nitrogens with one attached hydrogen (secondary N) is 1. The first kappa shape index (κ1) is 13.7. The van der Waals surface area contributed by atoms with Crippen LogP contribution in [0.4, 0.5) is 0 Å². The number of aliphatic hydroxyl groups excluding tert-OH is 1. The van der Waals surface area contributed by atoms with Crippen molar-refractivity contribution in [3.05, 3.63) is 36.3 Å². The summed E-state index contributed by atoms with van der Waals surface area (Å²) in [5, 5.41) is 14.7. The van der Waals surface area contributed by atoms with E-state index in [0.29, 0.717) is 6.04 Å². The van der Waals surface area contributed by atoms with Gasteiger partial charge in [0.25, 0.3) is 0 Å². The van der Waals surface area contributed by atoms with E-state index in [9.17, 15) is 5.11 Å². The molecule has 1 aromatic carbocycles. The maximum atomic E-state index is 10.2. The van der Waals surface area contributed by atoms with E-state index in [-0.39, 0.29) is 0 Å². The van der Waals surface area contributed by atoms with Crippen molar-refractivity contribution in [3.8, 4) is 0 Å². The monoisotopic (exact) mass is 296 g/mol. The molecule has 0 bridgehead atoms. The van der Waals surface area contributed by atoms with Crippen LogP contribution in [0.2, 0.25) is 0 Å². The second-order valence-corrected chi connectivity index (χ2v) is 6.03. The van der Waals surface area contributed by atoms with Crippen LogP contribution >= 0.6 is 0 Å². The third kappa shape index (κ3) is 2.09. The minimum Gasteiger partial charge on any atom is -0.385 e. The van der Waals surface area contributed by atoms with Crippen LogP contribution in [0.25, 0.3) is 21.9 Å². The number of rotatable bonds is 2. The highest BCUT2D eigenvalue weighted by molar-refractivity contribution is 6.02. The first-order valence-electron chi connectivity index (χ1n) is 7.90. The maximum absolute atomic E-state index is 10.2. The summed E-state index contributed by atoms with van der Waals surface area (Å²) < 4.78 is 2.23. The molecule has 3 aromatic rings. The molecule has 5 heteroatoms. The Balaban J connectivity index is 2.04. The maximum Gasteiger partial charge on any atom is 0.138 e. The fraction of sp³-hybridized carbons (Fsp3) is 0.412. The summed E-state index contributed by atoms with van der Waals surface area (Å²) in [6.07, 6.45) is 3.48. The van der Waals surface area contributed by atoms with Gasteiger partial charge < -0.3 is 15.0 Å². The van der Waals surface area contributed by atoms with Crippen LogP contribution in [0.5, 0.6) is 0 Å². The lowest BCUT2D eigenvalue weighted by Crippen LogP contribution is -2.32. The van der Waals surface area contributed by atoms with Gasteiger partial charge in [0, 0.05) is 18.0 Å². The summed E-state index contributed by atoms with van der Waals surface area (Å²) in [5.74, 6) is 0.738. The van der Waals surface area contributed by atoms with Gasteiger partial charge in [-0.25, -0.2) is 4.98 Å². The van der Waals surface area contributed by atoms with Crippen LogP contribution < -0.4 is 5.32 Å². The standard InChI is InChI=1S/C17H20N4O/c1-11(22)17-20-15-10-19-14-7-3-2-6-13(14)16(15)21(17)12-5-4-8-18-9-12/h2-3,6-7,10-12,18,22H,4-5,8-9H2,1H3/t11-,12?/m1/s1. The van der Waals surface area contributed by atoms with Gasteiger partial charge in [-0.15, -0.1) is 0 Å². The first-order valence-corrected chi connectivity index (χ1v) is 7.90. The molecule has 114 valence electrons. The van der Waals surface area contributed by atoms with E-state index in [1.165, 1.54) is 0 Å². The van der Waals surface area contributed by atoms with Gasteiger partial charge in [0.1, 0.15) is 17.4 Å². The second kappa shape index (κ2) is 5.34. The molecule has 2 aromatic heterocycles. The number of nitrogens with zero attached hydrogens (tertiary/aromatic N) is 3. The van der Waals surface area contributed by atoms with Gasteiger partial charge >= 0.3 is 0 Å². The molecule has 3 heterocycles. The van der Waals surface area contributed by atoms with E-state index in [1.807, 2.05) is 24.4 Å².